The lowest BCUT2D eigenvalue weighted by Gasteiger charge is -2.07. The molecule has 22 heavy (non-hydrogen) atoms. The molecule has 0 bridgehead atoms. The third-order valence-corrected chi connectivity index (χ3v) is 3.78. The minimum Gasteiger partial charge on any atom is -0.497 e. The number of hydrogen-bond acceptors (Lipinski definition) is 6. The molecule has 0 saturated carbocycles. The van der Waals surface area contributed by atoms with E-state index in [2.05, 4.69) is 20.6 Å². The van der Waals surface area contributed by atoms with Gasteiger partial charge in [0.25, 0.3) is 0 Å². The van der Waals surface area contributed by atoms with Crippen LogP contribution in [0.5, 0.6) is 5.75 Å². The van der Waals surface area contributed by atoms with Crippen LogP contribution in [-0.2, 0) is 4.79 Å². The predicted octanol–water partition coefficient (Wildman–Crippen LogP) is 1.43. The van der Waals surface area contributed by atoms with Gasteiger partial charge in [0.1, 0.15) is 5.75 Å². The van der Waals surface area contributed by atoms with Crippen molar-refractivity contribution in [1.82, 2.24) is 15.1 Å². The molecule has 0 unspecified atom stereocenters. The van der Waals surface area contributed by atoms with Crippen LogP contribution >= 0.6 is 11.8 Å². The van der Waals surface area contributed by atoms with E-state index in [1.54, 1.807) is 24.2 Å². The first-order valence-electron chi connectivity index (χ1n) is 6.48. The standard InChI is InChI=1S/C14H13N5O2S/c1-21-11-3-4-12(19-6-2-5-16-19)10(7-11)8-15-18-14-17-13(20)9-22-14/h2-8H,9H2,1H3,(H,17,18,20). The Morgan fingerprint density at radius 2 is 2.41 bits per heavy atom. The SMILES string of the molecule is COc1ccc(-n2cccn2)c(C=NN=C2NC(=O)CS2)c1. The van der Waals surface area contributed by atoms with Crippen LogP contribution < -0.4 is 10.1 Å². The topological polar surface area (TPSA) is 80.9 Å². The van der Waals surface area contributed by atoms with Crippen LogP contribution in [0.25, 0.3) is 5.69 Å². The average Bonchev–Trinajstić information content (AvgIpc) is 3.19. The monoisotopic (exact) mass is 315 g/mol. The van der Waals surface area contributed by atoms with Crippen LogP contribution in [0.3, 0.4) is 0 Å². The summed E-state index contributed by atoms with van der Waals surface area (Å²) in [5, 5.41) is 15.4. The summed E-state index contributed by atoms with van der Waals surface area (Å²) in [5.41, 5.74) is 1.67. The highest BCUT2D eigenvalue weighted by molar-refractivity contribution is 8.15. The van der Waals surface area contributed by atoms with Gasteiger partial charge in [-0.2, -0.15) is 10.2 Å². The van der Waals surface area contributed by atoms with Gasteiger partial charge >= 0.3 is 0 Å². The summed E-state index contributed by atoms with van der Waals surface area (Å²) in [6.07, 6.45) is 5.16. The first-order chi connectivity index (χ1) is 10.8. The molecule has 1 aliphatic rings. The number of nitrogens with one attached hydrogen (secondary N) is 1. The van der Waals surface area contributed by atoms with Crippen molar-refractivity contribution in [3.05, 3.63) is 42.2 Å². The summed E-state index contributed by atoms with van der Waals surface area (Å²) < 4.78 is 6.97. The first-order valence-corrected chi connectivity index (χ1v) is 7.46. The van der Waals surface area contributed by atoms with E-state index in [0.29, 0.717) is 16.7 Å². The number of nitrogens with zero attached hydrogens (tertiary/aromatic N) is 4. The lowest BCUT2D eigenvalue weighted by molar-refractivity contribution is -0.116. The summed E-state index contributed by atoms with van der Waals surface area (Å²) >= 11 is 1.33. The first kappa shape index (κ1) is 14.3. The number of carbonyl (C=O) groups excluding carboxylic acids is 1. The number of ether oxygens (including phenoxy) is 1. The number of methoxy groups -OCH3 is 1. The molecular formula is C14H13N5O2S. The predicted molar refractivity (Wildman–Crippen MR) is 85.7 cm³/mol. The quantitative estimate of drug-likeness (QED) is 0.684. The fourth-order valence-electron chi connectivity index (χ4n) is 1.91. The summed E-state index contributed by atoms with van der Waals surface area (Å²) in [4.78, 5) is 11.1. The highest BCUT2D eigenvalue weighted by Crippen LogP contribution is 2.19. The van der Waals surface area contributed by atoms with Crippen LogP contribution in [0.4, 0.5) is 0 Å². The molecular weight excluding hydrogens is 302 g/mol. The fourth-order valence-corrected chi connectivity index (χ4v) is 2.54. The molecule has 3 rings (SSSR count). The van der Waals surface area contributed by atoms with Crippen molar-refractivity contribution >= 4 is 29.1 Å². The zero-order valence-corrected chi connectivity index (χ0v) is 12.6. The van der Waals surface area contributed by atoms with Crippen molar-refractivity contribution in [2.45, 2.75) is 0 Å². The molecule has 8 heteroatoms. The van der Waals surface area contributed by atoms with Crippen LogP contribution in [0.15, 0.2) is 46.9 Å². The third kappa shape index (κ3) is 3.17. The van der Waals surface area contributed by atoms with Gasteiger partial charge in [0.2, 0.25) is 5.91 Å². The van der Waals surface area contributed by atoms with E-state index in [1.807, 2.05) is 30.5 Å². The van der Waals surface area contributed by atoms with Crippen molar-refractivity contribution in [1.29, 1.82) is 0 Å². The summed E-state index contributed by atoms with van der Waals surface area (Å²) in [6.45, 7) is 0. The second-order valence-corrected chi connectivity index (χ2v) is 5.33. The Hall–Kier alpha value is -2.61. The van der Waals surface area contributed by atoms with Gasteiger partial charge < -0.3 is 10.1 Å². The molecule has 0 atom stereocenters. The van der Waals surface area contributed by atoms with E-state index < -0.39 is 0 Å². The van der Waals surface area contributed by atoms with Gasteiger partial charge in [-0.15, -0.1) is 5.10 Å². The number of aromatic nitrogens is 2. The van der Waals surface area contributed by atoms with Crippen molar-refractivity contribution in [3.63, 3.8) is 0 Å². The lowest BCUT2D eigenvalue weighted by atomic mass is 10.2. The molecule has 1 aromatic heterocycles. The molecule has 1 aliphatic heterocycles. The van der Waals surface area contributed by atoms with Crippen molar-refractivity contribution < 1.29 is 9.53 Å². The second kappa shape index (κ2) is 6.44. The molecule has 1 aromatic carbocycles. The molecule has 1 saturated heterocycles. The maximum absolute atomic E-state index is 11.1. The van der Waals surface area contributed by atoms with Crippen molar-refractivity contribution in [3.8, 4) is 11.4 Å². The summed E-state index contributed by atoms with van der Waals surface area (Å²) in [7, 11) is 1.61. The Kier molecular flexibility index (Phi) is 4.19. The van der Waals surface area contributed by atoms with E-state index in [4.69, 9.17) is 4.74 Å². The fraction of sp³-hybridized carbons (Fsp3) is 0.143. The maximum atomic E-state index is 11.1. The molecule has 7 nitrogen and oxygen atoms in total. The normalized spacial score (nSPS) is 16.4. The number of benzene rings is 1. The zero-order valence-electron chi connectivity index (χ0n) is 11.8. The highest BCUT2D eigenvalue weighted by Gasteiger charge is 2.16. The van der Waals surface area contributed by atoms with E-state index >= 15 is 0 Å². The number of carbonyl (C=O) groups is 1. The second-order valence-electron chi connectivity index (χ2n) is 4.36. The van der Waals surface area contributed by atoms with Gasteiger partial charge in [-0.05, 0) is 24.3 Å². The number of hydrogen-bond donors (Lipinski definition) is 1. The molecule has 2 aromatic rings. The van der Waals surface area contributed by atoms with Crippen LogP contribution in [-0.4, -0.2) is 39.9 Å². The van der Waals surface area contributed by atoms with E-state index in [-0.39, 0.29) is 5.91 Å². The van der Waals surface area contributed by atoms with Gasteiger partial charge in [-0.3, -0.25) is 4.79 Å². The maximum Gasteiger partial charge on any atom is 0.236 e. The highest BCUT2D eigenvalue weighted by atomic mass is 32.2. The molecule has 1 N–H and O–H groups in total. The summed E-state index contributed by atoms with van der Waals surface area (Å²) in [6, 6.07) is 7.44. The van der Waals surface area contributed by atoms with Crippen LogP contribution in [0.1, 0.15) is 5.56 Å². The van der Waals surface area contributed by atoms with Gasteiger partial charge in [0.15, 0.2) is 5.17 Å². The molecule has 0 spiro atoms. The number of amides is 1. The zero-order chi connectivity index (χ0) is 15.4. The molecule has 0 aliphatic carbocycles. The number of thioether (sulfide) groups is 1. The molecule has 1 amide bonds. The Balaban J connectivity index is 1.89. The van der Waals surface area contributed by atoms with Crippen LogP contribution in [0.2, 0.25) is 0 Å². The minimum atomic E-state index is -0.0578. The largest absolute Gasteiger partial charge is 0.497 e. The number of amidine groups is 1. The van der Waals surface area contributed by atoms with E-state index in [9.17, 15) is 4.79 Å². The van der Waals surface area contributed by atoms with Crippen LogP contribution in [0, 0.1) is 0 Å². The van der Waals surface area contributed by atoms with Gasteiger partial charge in [-0.1, -0.05) is 11.8 Å². The summed E-state index contributed by atoms with van der Waals surface area (Å²) in [5.74, 6) is 1.04. The average molecular weight is 315 g/mol. The Morgan fingerprint density at radius 3 is 3.09 bits per heavy atom. The smallest absolute Gasteiger partial charge is 0.236 e. The third-order valence-electron chi connectivity index (χ3n) is 2.92. The van der Waals surface area contributed by atoms with Gasteiger partial charge in [0.05, 0.1) is 24.8 Å². The van der Waals surface area contributed by atoms with E-state index in [1.165, 1.54) is 11.8 Å². The Bertz CT molecular complexity index is 740. The Morgan fingerprint density at radius 1 is 1.50 bits per heavy atom. The molecule has 1 fully saturated rings. The minimum absolute atomic E-state index is 0.0578. The van der Waals surface area contributed by atoms with Crippen molar-refractivity contribution in [2.75, 3.05) is 12.9 Å². The van der Waals surface area contributed by atoms with Gasteiger partial charge in [0, 0.05) is 18.0 Å². The van der Waals surface area contributed by atoms with Gasteiger partial charge in [-0.25, -0.2) is 4.68 Å². The molecule has 112 valence electrons. The van der Waals surface area contributed by atoms with Crippen molar-refractivity contribution in [2.24, 2.45) is 10.2 Å². The number of rotatable bonds is 4. The molecule has 2 heterocycles. The Labute approximate surface area is 131 Å². The molecule has 0 radical (unpaired) electrons. The van der Waals surface area contributed by atoms with E-state index in [0.717, 1.165) is 11.3 Å². The lowest BCUT2D eigenvalue weighted by Crippen LogP contribution is -2.19.